The van der Waals surface area contributed by atoms with Crippen LogP contribution in [0.25, 0.3) is 0 Å². The van der Waals surface area contributed by atoms with E-state index < -0.39 is 6.04 Å². The maximum absolute atomic E-state index is 13.5. The monoisotopic (exact) mass is 430 g/mol. The van der Waals surface area contributed by atoms with Gasteiger partial charge >= 0.3 is 0 Å². The summed E-state index contributed by atoms with van der Waals surface area (Å²) in [5.41, 5.74) is 2.62. The number of ether oxygens (including phenoxy) is 1. The van der Waals surface area contributed by atoms with Gasteiger partial charge in [0.15, 0.2) is 0 Å². The lowest BCUT2D eigenvalue weighted by molar-refractivity contribution is -0.144. The van der Waals surface area contributed by atoms with Gasteiger partial charge in [0.2, 0.25) is 11.8 Å². The molecule has 0 heterocycles. The molecule has 3 rings (SSSR count). The third-order valence-corrected chi connectivity index (χ3v) is 5.29. The molecule has 1 atom stereocenters. The SMILES string of the molecule is COc1ccccc1CNC(=O)C(c1ccccc1)N(Cc1ccccc1)C(=O)C(C)C. The quantitative estimate of drug-likeness (QED) is 0.534. The van der Waals surface area contributed by atoms with Crippen molar-refractivity contribution in [2.24, 2.45) is 5.92 Å². The van der Waals surface area contributed by atoms with Crippen LogP contribution in [-0.4, -0.2) is 23.8 Å². The molecule has 0 aliphatic carbocycles. The number of amides is 2. The molecule has 3 aromatic carbocycles. The van der Waals surface area contributed by atoms with Gasteiger partial charge in [0.25, 0.3) is 0 Å². The van der Waals surface area contributed by atoms with Crippen LogP contribution < -0.4 is 10.1 Å². The van der Waals surface area contributed by atoms with Crippen LogP contribution >= 0.6 is 0 Å². The topological polar surface area (TPSA) is 58.6 Å². The zero-order valence-electron chi connectivity index (χ0n) is 18.8. The Hall–Kier alpha value is -3.60. The molecule has 0 aliphatic rings. The number of para-hydroxylation sites is 1. The second kappa shape index (κ2) is 11.1. The minimum atomic E-state index is -0.749. The van der Waals surface area contributed by atoms with Crippen LogP contribution in [-0.2, 0) is 22.7 Å². The smallest absolute Gasteiger partial charge is 0.247 e. The third-order valence-electron chi connectivity index (χ3n) is 5.29. The molecule has 0 aromatic heterocycles. The number of rotatable bonds is 9. The van der Waals surface area contributed by atoms with E-state index >= 15 is 0 Å². The van der Waals surface area contributed by atoms with Gasteiger partial charge in [-0.3, -0.25) is 9.59 Å². The highest BCUT2D eigenvalue weighted by Gasteiger charge is 2.32. The number of hydrogen-bond acceptors (Lipinski definition) is 3. The first-order valence-corrected chi connectivity index (χ1v) is 10.8. The van der Waals surface area contributed by atoms with E-state index in [0.29, 0.717) is 18.8 Å². The van der Waals surface area contributed by atoms with E-state index in [1.165, 1.54) is 0 Å². The summed E-state index contributed by atoms with van der Waals surface area (Å²) < 4.78 is 5.40. The fourth-order valence-corrected chi connectivity index (χ4v) is 3.64. The first kappa shape index (κ1) is 23.1. The average molecular weight is 431 g/mol. The second-order valence-corrected chi connectivity index (χ2v) is 7.95. The Labute approximate surface area is 190 Å². The van der Waals surface area contributed by atoms with Crippen LogP contribution in [0.4, 0.5) is 0 Å². The number of methoxy groups -OCH3 is 1. The summed E-state index contributed by atoms with van der Waals surface area (Å²) >= 11 is 0. The molecule has 0 saturated carbocycles. The first-order valence-electron chi connectivity index (χ1n) is 10.8. The van der Waals surface area contributed by atoms with Crippen molar-refractivity contribution in [3.05, 3.63) is 102 Å². The van der Waals surface area contributed by atoms with Gasteiger partial charge in [0, 0.05) is 24.6 Å². The highest BCUT2D eigenvalue weighted by molar-refractivity contribution is 5.89. The van der Waals surface area contributed by atoms with Crippen LogP contribution in [0.1, 0.15) is 36.6 Å². The van der Waals surface area contributed by atoms with Gasteiger partial charge in [0.1, 0.15) is 11.8 Å². The van der Waals surface area contributed by atoms with Crippen molar-refractivity contribution in [3.63, 3.8) is 0 Å². The minimum Gasteiger partial charge on any atom is -0.496 e. The maximum Gasteiger partial charge on any atom is 0.247 e. The molecule has 0 radical (unpaired) electrons. The zero-order valence-corrected chi connectivity index (χ0v) is 18.8. The van der Waals surface area contributed by atoms with Crippen LogP contribution in [0, 0.1) is 5.92 Å². The molecule has 0 spiro atoms. The molecule has 0 aliphatic heterocycles. The molecular weight excluding hydrogens is 400 g/mol. The number of nitrogens with zero attached hydrogens (tertiary/aromatic N) is 1. The molecule has 0 fully saturated rings. The van der Waals surface area contributed by atoms with E-state index in [2.05, 4.69) is 5.32 Å². The molecule has 1 N–H and O–H groups in total. The standard InChI is InChI=1S/C27H30N2O3/c1-20(2)27(31)29(19-21-12-6-4-7-13-21)25(22-14-8-5-9-15-22)26(30)28-18-23-16-10-11-17-24(23)32-3/h4-17,20,25H,18-19H2,1-3H3,(H,28,30). The molecule has 5 heteroatoms. The Morgan fingerprint density at radius 1 is 0.875 bits per heavy atom. The number of carbonyl (C=O) groups excluding carboxylic acids is 2. The Morgan fingerprint density at radius 2 is 1.47 bits per heavy atom. The minimum absolute atomic E-state index is 0.0739. The molecule has 5 nitrogen and oxygen atoms in total. The second-order valence-electron chi connectivity index (χ2n) is 7.95. The normalized spacial score (nSPS) is 11.6. The van der Waals surface area contributed by atoms with E-state index in [0.717, 1.165) is 16.7 Å². The molecule has 3 aromatic rings. The van der Waals surface area contributed by atoms with Gasteiger partial charge in [0.05, 0.1) is 7.11 Å². The Kier molecular flexibility index (Phi) is 8.03. The lowest BCUT2D eigenvalue weighted by Crippen LogP contribution is -2.44. The Bertz CT molecular complexity index is 1020. The summed E-state index contributed by atoms with van der Waals surface area (Å²) in [5, 5.41) is 3.02. The van der Waals surface area contributed by atoms with Crippen LogP contribution in [0.15, 0.2) is 84.9 Å². The van der Waals surface area contributed by atoms with Gasteiger partial charge in [-0.05, 0) is 17.2 Å². The predicted octanol–water partition coefficient (Wildman–Crippen LogP) is 4.74. The summed E-state index contributed by atoms with van der Waals surface area (Å²) in [6.45, 7) is 4.37. The van der Waals surface area contributed by atoms with Crippen molar-refractivity contribution in [2.45, 2.75) is 33.0 Å². The van der Waals surface area contributed by atoms with Crippen molar-refractivity contribution >= 4 is 11.8 Å². The first-order chi connectivity index (χ1) is 15.5. The van der Waals surface area contributed by atoms with E-state index in [4.69, 9.17) is 4.74 Å². The molecule has 32 heavy (non-hydrogen) atoms. The number of hydrogen-bond donors (Lipinski definition) is 1. The van der Waals surface area contributed by atoms with Crippen LogP contribution in [0.3, 0.4) is 0 Å². The van der Waals surface area contributed by atoms with Crippen molar-refractivity contribution in [2.75, 3.05) is 7.11 Å². The van der Waals surface area contributed by atoms with Gasteiger partial charge in [-0.15, -0.1) is 0 Å². The van der Waals surface area contributed by atoms with Gasteiger partial charge in [-0.25, -0.2) is 0 Å². The van der Waals surface area contributed by atoms with Crippen molar-refractivity contribution in [1.29, 1.82) is 0 Å². The molecule has 2 amide bonds. The summed E-state index contributed by atoms with van der Waals surface area (Å²) in [7, 11) is 1.61. The summed E-state index contributed by atoms with van der Waals surface area (Å²) in [6, 6.07) is 26.0. The van der Waals surface area contributed by atoms with Crippen molar-refractivity contribution in [1.82, 2.24) is 10.2 Å². The lowest BCUT2D eigenvalue weighted by atomic mass is 10.0. The summed E-state index contributed by atoms with van der Waals surface area (Å²) in [6.07, 6.45) is 0. The molecule has 0 bridgehead atoms. The predicted molar refractivity (Wildman–Crippen MR) is 126 cm³/mol. The van der Waals surface area contributed by atoms with Gasteiger partial charge < -0.3 is 15.0 Å². The van der Waals surface area contributed by atoms with Crippen LogP contribution in [0.2, 0.25) is 0 Å². The molecular formula is C27H30N2O3. The van der Waals surface area contributed by atoms with E-state index in [9.17, 15) is 9.59 Å². The zero-order chi connectivity index (χ0) is 22.9. The fraction of sp³-hybridized carbons (Fsp3) is 0.259. The van der Waals surface area contributed by atoms with Crippen molar-refractivity contribution in [3.8, 4) is 5.75 Å². The maximum atomic E-state index is 13.5. The van der Waals surface area contributed by atoms with E-state index in [-0.39, 0.29) is 17.7 Å². The summed E-state index contributed by atoms with van der Waals surface area (Å²) in [4.78, 5) is 28.5. The average Bonchev–Trinajstić information content (AvgIpc) is 2.83. The van der Waals surface area contributed by atoms with E-state index in [1.807, 2.05) is 98.8 Å². The molecule has 0 saturated heterocycles. The van der Waals surface area contributed by atoms with E-state index in [1.54, 1.807) is 12.0 Å². The third kappa shape index (κ3) is 5.76. The Balaban J connectivity index is 1.93. The Morgan fingerprint density at radius 3 is 2.09 bits per heavy atom. The number of carbonyl (C=O) groups is 2. The summed E-state index contributed by atoms with van der Waals surface area (Å²) in [5.74, 6) is 0.164. The number of nitrogens with one attached hydrogen (secondary N) is 1. The highest BCUT2D eigenvalue weighted by Crippen LogP contribution is 2.26. The highest BCUT2D eigenvalue weighted by atomic mass is 16.5. The van der Waals surface area contributed by atoms with Gasteiger partial charge in [-0.2, -0.15) is 0 Å². The largest absolute Gasteiger partial charge is 0.496 e. The fourth-order valence-electron chi connectivity index (χ4n) is 3.64. The number of benzene rings is 3. The van der Waals surface area contributed by atoms with Crippen molar-refractivity contribution < 1.29 is 14.3 Å². The molecule has 166 valence electrons. The van der Waals surface area contributed by atoms with Crippen LogP contribution in [0.5, 0.6) is 5.75 Å². The van der Waals surface area contributed by atoms with Gasteiger partial charge in [-0.1, -0.05) is 92.7 Å². The lowest BCUT2D eigenvalue weighted by Gasteiger charge is -2.33. The molecule has 1 unspecified atom stereocenters.